The van der Waals surface area contributed by atoms with Crippen LogP contribution in [0.3, 0.4) is 0 Å². The second-order valence-electron chi connectivity index (χ2n) is 8.22. The van der Waals surface area contributed by atoms with Gasteiger partial charge in [-0.2, -0.15) is 0 Å². The van der Waals surface area contributed by atoms with Gasteiger partial charge in [-0.15, -0.1) is 0 Å². The maximum absolute atomic E-state index is 13.8. The summed E-state index contributed by atoms with van der Waals surface area (Å²) in [5.74, 6) is -0.551. The van der Waals surface area contributed by atoms with Crippen LogP contribution in [-0.4, -0.2) is 21.0 Å². The van der Waals surface area contributed by atoms with Gasteiger partial charge in [0.1, 0.15) is 17.3 Å². The molecule has 2 heterocycles. The lowest BCUT2D eigenvalue weighted by Crippen LogP contribution is -2.21. The van der Waals surface area contributed by atoms with E-state index in [9.17, 15) is 14.3 Å². The van der Waals surface area contributed by atoms with Gasteiger partial charge in [-0.1, -0.05) is 42.5 Å². The van der Waals surface area contributed by atoms with E-state index in [0.717, 1.165) is 22.5 Å². The van der Waals surface area contributed by atoms with E-state index >= 15 is 0 Å². The Hall–Kier alpha value is -3.80. The fourth-order valence-corrected chi connectivity index (χ4v) is 3.83. The molecule has 0 spiro atoms. The Morgan fingerprint density at radius 2 is 1.82 bits per heavy atom. The minimum atomic E-state index is -0.924. The van der Waals surface area contributed by atoms with E-state index in [1.54, 1.807) is 12.3 Å². The first-order valence-electron chi connectivity index (χ1n) is 10.8. The molecule has 5 nitrogen and oxygen atoms in total. The van der Waals surface area contributed by atoms with Gasteiger partial charge in [-0.25, -0.2) is 9.37 Å². The molecule has 0 amide bonds. The van der Waals surface area contributed by atoms with E-state index in [0.29, 0.717) is 29.3 Å². The number of carbonyl (C=O) groups is 1. The topological polar surface area (TPSA) is 76.2 Å². The van der Waals surface area contributed by atoms with Gasteiger partial charge >= 0.3 is 5.97 Å². The Morgan fingerprint density at radius 1 is 1.03 bits per heavy atom. The van der Waals surface area contributed by atoms with Crippen LogP contribution in [0, 0.1) is 25.6 Å². The number of hydrogen-bond acceptors (Lipinski definition) is 4. The second-order valence-corrected chi connectivity index (χ2v) is 8.22. The highest BCUT2D eigenvalue weighted by Gasteiger charge is 2.24. The number of hydrogen-bond donors (Lipinski definition) is 1. The van der Waals surface area contributed by atoms with Crippen LogP contribution < -0.4 is 0 Å². The van der Waals surface area contributed by atoms with E-state index in [2.05, 4.69) is 4.98 Å². The molecule has 33 heavy (non-hydrogen) atoms. The summed E-state index contributed by atoms with van der Waals surface area (Å²) in [4.78, 5) is 21.5. The number of aromatic nitrogens is 2. The third kappa shape index (κ3) is 5.52. The molecule has 0 saturated heterocycles. The van der Waals surface area contributed by atoms with Crippen molar-refractivity contribution in [2.45, 2.75) is 33.1 Å². The summed E-state index contributed by atoms with van der Waals surface area (Å²) in [6, 6.07) is 17.9. The van der Waals surface area contributed by atoms with Crippen LogP contribution in [0.15, 0.2) is 71.3 Å². The van der Waals surface area contributed by atoms with Crippen LogP contribution in [0.5, 0.6) is 0 Å². The molecule has 2 aromatic carbocycles. The molecule has 2 aromatic heterocycles. The van der Waals surface area contributed by atoms with Crippen molar-refractivity contribution in [3.63, 3.8) is 0 Å². The van der Waals surface area contributed by atoms with Gasteiger partial charge in [0.15, 0.2) is 0 Å². The fraction of sp³-hybridized carbons (Fsp3) is 0.222. The molecule has 168 valence electrons. The minimum absolute atomic E-state index is 0.195. The highest BCUT2D eigenvalue weighted by molar-refractivity contribution is 5.70. The summed E-state index contributed by atoms with van der Waals surface area (Å²) in [6.07, 6.45) is 2.47. The van der Waals surface area contributed by atoms with Gasteiger partial charge in [0.05, 0.1) is 29.2 Å². The Bertz CT molecular complexity index is 1250. The average molecular weight is 445 g/mol. The summed E-state index contributed by atoms with van der Waals surface area (Å²) in [5.41, 5.74) is 4.57. The molecular weight excluding hydrogens is 419 g/mol. The lowest BCUT2D eigenvalue weighted by molar-refractivity contribution is -0.141. The molecule has 1 unspecified atom stereocenters. The fourth-order valence-electron chi connectivity index (χ4n) is 3.83. The average Bonchev–Trinajstić information content (AvgIpc) is 3.11. The third-order valence-electron chi connectivity index (χ3n) is 5.71. The second kappa shape index (κ2) is 9.77. The summed E-state index contributed by atoms with van der Waals surface area (Å²) >= 11 is 0. The Kier molecular flexibility index (Phi) is 6.63. The van der Waals surface area contributed by atoms with Crippen molar-refractivity contribution in [3.05, 3.63) is 107 Å². The number of nitrogens with zero attached hydrogens (tertiary/aromatic N) is 2. The number of aliphatic carboxylic acids is 1. The SMILES string of the molecule is Cc1cc(CC(Cc2ncc(-c3ccccc3)nc2Cc2cccc(F)c2)C(=O)O)oc1C. The molecule has 0 radical (unpaired) electrons. The number of aryl methyl sites for hydroxylation is 2. The predicted molar refractivity (Wildman–Crippen MR) is 123 cm³/mol. The van der Waals surface area contributed by atoms with Crippen molar-refractivity contribution in [3.8, 4) is 11.3 Å². The van der Waals surface area contributed by atoms with Gasteiger partial charge < -0.3 is 9.52 Å². The molecule has 0 saturated carbocycles. The molecule has 0 bridgehead atoms. The number of halogens is 1. The van der Waals surface area contributed by atoms with Crippen molar-refractivity contribution in [1.82, 2.24) is 9.97 Å². The zero-order valence-electron chi connectivity index (χ0n) is 18.6. The molecule has 1 N–H and O–H groups in total. The van der Waals surface area contributed by atoms with Crippen LogP contribution >= 0.6 is 0 Å². The molecular formula is C27H25FN2O3. The number of rotatable bonds is 8. The van der Waals surface area contributed by atoms with E-state index in [4.69, 9.17) is 9.40 Å². The largest absolute Gasteiger partial charge is 0.481 e. The van der Waals surface area contributed by atoms with Crippen LogP contribution in [0.4, 0.5) is 4.39 Å². The lowest BCUT2D eigenvalue weighted by atomic mass is 9.95. The van der Waals surface area contributed by atoms with Crippen molar-refractivity contribution < 1.29 is 18.7 Å². The summed E-state index contributed by atoms with van der Waals surface area (Å²) in [6.45, 7) is 3.79. The number of furan rings is 1. The molecule has 4 aromatic rings. The van der Waals surface area contributed by atoms with Crippen LogP contribution in [0.25, 0.3) is 11.3 Å². The Labute approximate surface area is 192 Å². The van der Waals surface area contributed by atoms with E-state index < -0.39 is 11.9 Å². The van der Waals surface area contributed by atoms with Crippen LogP contribution in [0.1, 0.15) is 34.0 Å². The minimum Gasteiger partial charge on any atom is -0.481 e. The number of benzene rings is 2. The monoisotopic (exact) mass is 444 g/mol. The molecule has 1 atom stereocenters. The third-order valence-corrected chi connectivity index (χ3v) is 5.71. The van der Waals surface area contributed by atoms with Gasteiger partial charge in [0.25, 0.3) is 0 Å². The Balaban J connectivity index is 1.68. The van der Waals surface area contributed by atoms with E-state index in [-0.39, 0.29) is 18.7 Å². The van der Waals surface area contributed by atoms with Crippen molar-refractivity contribution in [2.75, 3.05) is 0 Å². The smallest absolute Gasteiger partial charge is 0.307 e. The van der Waals surface area contributed by atoms with E-state index in [1.807, 2.05) is 56.3 Å². The number of carboxylic acid groups (broad SMARTS) is 1. The molecule has 0 aliphatic rings. The summed E-state index contributed by atoms with van der Waals surface area (Å²) in [7, 11) is 0. The maximum atomic E-state index is 13.8. The maximum Gasteiger partial charge on any atom is 0.307 e. The lowest BCUT2D eigenvalue weighted by Gasteiger charge is -2.15. The normalized spacial score (nSPS) is 12.0. The Morgan fingerprint density at radius 3 is 2.48 bits per heavy atom. The first-order chi connectivity index (χ1) is 15.9. The first-order valence-corrected chi connectivity index (χ1v) is 10.8. The van der Waals surface area contributed by atoms with Crippen molar-refractivity contribution in [1.29, 1.82) is 0 Å². The first kappa shape index (κ1) is 22.4. The summed E-state index contributed by atoms with van der Waals surface area (Å²) < 4.78 is 19.5. The highest BCUT2D eigenvalue weighted by Crippen LogP contribution is 2.24. The highest BCUT2D eigenvalue weighted by atomic mass is 19.1. The molecule has 0 fully saturated rings. The van der Waals surface area contributed by atoms with E-state index in [1.165, 1.54) is 12.1 Å². The number of carboxylic acids is 1. The van der Waals surface area contributed by atoms with Crippen LogP contribution in [0.2, 0.25) is 0 Å². The van der Waals surface area contributed by atoms with Crippen LogP contribution in [-0.2, 0) is 24.1 Å². The van der Waals surface area contributed by atoms with Gasteiger partial charge in [-0.3, -0.25) is 9.78 Å². The van der Waals surface area contributed by atoms with Gasteiger partial charge in [-0.05, 0) is 43.2 Å². The zero-order chi connectivity index (χ0) is 23.4. The summed E-state index contributed by atoms with van der Waals surface area (Å²) in [5, 5.41) is 9.88. The standard InChI is InChI=1S/C27H25FN2O3/c1-17-11-23(33-18(17)2)14-21(27(31)32)15-24-25(13-19-7-6-10-22(28)12-19)30-26(16-29-24)20-8-4-3-5-9-20/h3-12,16,21H,13-15H2,1-2H3,(H,31,32). The van der Waals surface area contributed by atoms with Crippen molar-refractivity contribution in [2.24, 2.45) is 5.92 Å². The predicted octanol–water partition coefficient (Wildman–Crippen LogP) is 5.57. The molecule has 0 aliphatic carbocycles. The zero-order valence-corrected chi connectivity index (χ0v) is 18.6. The molecule has 6 heteroatoms. The van der Waals surface area contributed by atoms with Gasteiger partial charge in [0, 0.05) is 24.8 Å². The quantitative estimate of drug-likeness (QED) is 0.385. The molecule has 0 aliphatic heterocycles. The van der Waals surface area contributed by atoms with Gasteiger partial charge in [0.2, 0.25) is 0 Å². The van der Waals surface area contributed by atoms with Crippen molar-refractivity contribution >= 4 is 5.97 Å². The molecule has 4 rings (SSSR count).